The maximum absolute atomic E-state index is 13.0. The molecule has 1 aliphatic carbocycles. The van der Waals surface area contributed by atoms with Crippen molar-refractivity contribution in [1.29, 1.82) is 0 Å². The van der Waals surface area contributed by atoms with Crippen molar-refractivity contribution in [3.05, 3.63) is 95.1 Å². The van der Waals surface area contributed by atoms with Gasteiger partial charge in [-0.3, -0.25) is 4.79 Å². The van der Waals surface area contributed by atoms with Crippen molar-refractivity contribution >= 4 is 28.8 Å². The van der Waals surface area contributed by atoms with Gasteiger partial charge in [0.05, 0.1) is 6.04 Å². The predicted molar refractivity (Wildman–Crippen MR) is 115 cm³/mol. The highest BCUT2D eigenvalue weighted by molar-refractivity contribution is 7.98. The number of thioether (sulfide) groups is 1. The first kappa shape index (κ1) is 18.0. The summed E-state index contributed by atoms with van der Waals surface area (Å²) in [5.74, 6) is 0.595. The largest absolute Gasteiger partial charge is 0.431 e. The standard InChI is InChI=1S/C24H20N2O2S/c27-23(25-20-14-13-16-7-1-3-9-18(16)20)19-10-4-2-8-17(19)15-29-24-26-21-11-5-6-12-22(21)28-24/h1-12,20H,13-15H2,(H,25,27). The summed E-state index contributed by atoms with van der Waals surface area (Å²) in [7, 11) is 0. The molecule has 0 fully saturated rings. The van der Waals surface area contributed by atoms with Crippen molar-refractivity contribution in [3.63, 3.8) is 0 Å². The van der Waals surface area contributed by atoms with E-state index in [1.165, 1.54) is 22.9 Å². The number of fused-ring (bicyclic) bond motifs is 2. The van der Waals surface area contributed by atoms with E-state index < -0.39 is 0 Å². The highest BCUT2D eigenvalue weighted by Crippen LogP contribution is 2.32. The topological polar surface area (TPSA) is 55.1 Å². The average Bonchev–Trinajstić information content (AvgIpc) is 3.36. The summed E-state index contributed by atoms with van der Waals surface area (Å²) in [5, 5.41) is 3.84. The molecule has 5 rings (SSSR count). The lowest BCUT2D eigenvalue weighted by molar-refractivity contribution is 0.0936. The fraction of sp³-hybridized carbons (Fsp3) is 0.167. The number of benzene rings is 3. The van der Waals surface area contributed by atoms with Gasteiger partial charge in [-0.1, -0.05) is 66.4 Å². The van der Waals surface area contributed by atoms with Gasteiger partial charge in [-0.25, -0.2) is 4.98 Å². The van der Waals surface area contributed by atoms with Crippen LogP contribution in [0.3, 0.4) is 0 Å². The van der Waals surface area contributed by atoms with Gasteiger partial charge in [0.15, 0.2) is 5.58 Å². The van der Waals surface area contributed by atoms with E-state index in [0.29, 0.717) is 16.5 Å². The van der Waals surface area contributed by atoms with Crippen LogP contribution < -0.4 is 5.32 Å². The summed E-state index contributed by atoms with van der Waals surface area (Å²) in [6.07, 6.45) is 1.96. The van der Waals surface area contributed by atoms with E-state index in [9.17, 15) is 4.79 Å². The molecule has 1 atom stereocenters. The number of rotatable bonds is 5. The summed E-state index contributed by atoms with van der Waals surface area (Å²) >= 11 is 1.50. The Hall–Kier alpha value is -3.05. The number of amides is 1. The summed E-state index contributed by atoms with van der Waals surface area (Å²) in [5.41, 5.74) is 5.88. The zero-order valence-electron chi connectivity index (χ0n) is 15.8. The number of para-hydroxylation sites is 2. The van der Waals surface area contributed by atoms with E-state index in [1.807, 2.05) is 54.6 Å². The van der Waals surface area contributed by atoms with Gasteiger partial charge in [0.2, 0.25) is 0 Å². The quantitative estimate of drug-likeness (QED) is 0.447. The minimum atomic E-state index is -0.0273. The lowest BCUT2D eigenvalue weighted by atomic mass is 10.1. The molecule has 29 heavy (non-hydrogen) atoms. The Bertz CT molecular complexity index is 1150. The second-order valence-electron chi connectivity index (χ2n) is 7.16. The fourth-order valence-corrected chi connectivity index (χ4v) is 4.71. The summed E-state index contributed by atoms with van der Waals surface area (Å²) in [4.78, 5) is 17.5. The molecule has 0 aliphatic heterocycles. The van der Waals surface area contributed by atoms with E-state index in [0.717, 1.165) is 29.5 Å². The molecule has 0 saturated heterocycles. The Morgan fingerprint density at radius 1 is 1.03 bits per heavy atom. The van der Waals surface area contributed by atoms with Gasteiger partial charge in [0, 0.05) is 11.3 Å². The SMILES string of the molecule is O=C(NC1CCc2ccccc21)c1ccccc1CSc1nc2ccccc2o1. The minimum absolute atomic E-state index is 0.0273. The molecule has 0 bridgehead atoms. The molecule has 1 aromatic heterocycles. The van der Waals surface area contributed by atoms with E-state index >= 15 is 0 Å². The Morgan fingerprint density at radius 3 is 2.76 bits per heavy atom. The Labute approximate surface area is 173 Å². The maximum Gasteiger partial charge on any atom is 0.257 e. The molecule has 0 spiro atoms. The zero-order valence-corrected chi connectivity index (χ0v) is 16.6. The summed E-state index contributed by atoms with van der Waals surface area (Å²) in [6.45, 7) is 0. The number of nitrogens with one attached hydrogen (secondary N) is 1. The molecule has 1 amide bonds. The molecule has 1 heterocycles. The van der Waals surface area contributed by atoms with Crippen molar-refractivity contribution in [2.45, 2.75) is 29.9 Å². The van der Waals surface area contributed by atoms with E-state index in [1.54, 1.807) is 0 Å². The third-order valence-electron chi connectivity index (χ3n) is 5.33. The minimum Gasteiger partial charge on any atom is -0.431 e. The Morgan fingerprint density at radius 2 is 1.83 bits per heavy atom. The normalized spacial score (nSPS) is 15.4. The van der Waals surface area contributed by atoms with Crippen LogP contribution in [-0.2, 0) is 12.2 Å². The van der Waals surface area contributed by atoms with Gasteiger partial charge in [-0.05, 0) is 47.7 Å². The molecule has 1 N–H and O–H groups in total. The summed E-state index contributed by atoms with van der Waals surface area (Å²) < 4.78 is 5.79. The van der Waals surface area contributed by atoms with Crippen LogP contribution in [0.15, 0.2) is 82.4 Å². The molecule has 1 aliphatic rings. The molecular weight excluding hydrogens is 380 g/mol. The van der Waals surface area contributed by atoms with Crippen LogP contribution in [0.25, 0.3) is 11.1 Å². The van der Waals surface area contributed by atoms with E-state index in [2.05, 4.69) is 28.5 Å². The molecule has 0 saturated carbocycles. The molecule has 0 radical (unpaired) electrons. The van der Waals surface area contributed by atoms with Crippen LogP contribution in [0.2, 0.25) is 0 Å². The first-order chi connectivity index (χ1) is 14.3. The van der Waals surface area contributed by atoms with Crippen molar-refractivity contribution in [3.8, 4) is 0 Å². The van der Waals surface area contributed by atoms with Crippen LogP contribution in [0.4, 0.5) is 0 Å². The van der Waals surface area contributed by atoms with E-state index in [-0.39, 0.29) is 11.9 Å². The third kappa shape index (κ3) is 3.66. The van der Waals surface area contributed by atoms with Gasteiger partial charge in [-0.2, -0.15) is 0 Å². The number of hydrogen-bond donors (Lipinski definition) is 1. The van der Waals surface area contributed by atoms with Crippen LogP contribution in [0.5, 0.6) is 0 Å². The average molecular weight is 401 g/mol. The van der Waals surface area contributed by atoms with Crippen molar-refractivity contribution in [1.82, 2.24) is 10.3 Å². The highest BCUT2D eigenvalue weighted by atomic mass is 32.2. The van der Waals surface area contributed by atoms with Gasteiger partial charge >= 0.3 is 0 Å². The molecule has 4 aromatic rings. The molecule has 144 valence electrons. The van der Waals surface area contributed by atoms with Crippen molar-refractivity contribution < 1.29 is 9.21 Å². The lowest BCUT2D eigenvalue weighted by Gasteiger charge is -2.16. The van der Waals surface area contributed by atoms with Crippen LogP contribution >= 0.6 is 11.8 Å². The molecule has 3 aromatic carbocycles. The maximum atomic E-state index is 13.0. The first-order valence-corrected chi connectivity index (χ1v) is 10.7. The van der Waals surface area contributed by atoms with E-state index in [4.69, 9.17) is 4.42 Å². The number of hydrogen-bond acceptors (Lipinski definition) is 4. The zero-order chi connectivity index (χ0) is 19.6. The molecule has 5 heteroatoms. The second-order valence-corrected chi connectivity index (χ2v) is 8.08. The smallest absolute Gasteiger partial charge is 0.257 e. The Balaban J connectivity index is 1.32. The monoisotopic (exact) mass is 400 g/mol. The molecule has 1 unspecified atom stereocenters. The first-order valence-electron chi connectivity index (χ1n) is 9.73. The van der Waals surface area contributed by atoms with Crippen molar-refractivity contribution in [2.75, 3.05) is 0 Å². The summed E-state index contributed by atoms with van der Waals surface area (Å²) in [6, 6.07) is 23.9. The van der Waals surface area contributed by atoms with Crippen LogP contribution in [0, 0.1) is 0 Å². The fourth-order valence-electron chi connectivity index (χ4n) is 3.86. The number of nitrogens with zero attached hydrogens (tertiary/aromatic N) is 1. The number of oxazole rings is 1. The van der Waals surface area contributed by atoms with Crippen LogP contribution in [-0.4, -0.2) is 10.9 Å². The highest BCUT2D eigenvalue weighted by Gasteiger charge is 2.24. The second kappa shape index (κ2) is 7.76. The van der Waals surface area contributed by atoms with Crippen molar-refractivity contribution in [2.24, 2.45) is 0 Å². The van der Waals surface area contributed by atoms with Gasteiger partial charge in [-0.15, -0.1) is 0 Å². The van der Waals surface area contributed by atoms with Crippen LogP contribution in [0.1, 0.15) is 39.5 Å². The molecule has 4 nitrogen and oxygen atoms in total. The van der Waals surface area contributed by atoms with Gasteiger partial charge < -0.3 is 9.73 Å². The van der Waals surface area contributed by atoms with Gasteiger partial charge in [0.1, 0.15) is 5.52 Å². The number of carbonyl (C=O) groups is 1. The van der Waals surface area contributed by atoms with Gasteiger partial charge in [0.25, 0.3) is 11.1 Å². The lowest BCUT2D eigenvalue weighted by Crippen LogP contribution is -2.27. The molecular formula is C24H20N2O2S. The Kier molecular flexibility index (Phi) is 4.82. The number of carbonyl (C=O) groups excluding carboxylic acids is 1. The number of aromatic nitrogens is 1. The predicted octanol–water partition coefficient (Wildman–Crippen LogP) is 5.54. The number of aryl methyl sites for hydroxylation is 1. The third-order valence-corrected chi connectivity index (χ3v) is 6.20.